The first-order chi connectivity index (χ1) is 12.4. The summed E-state index contributed by atoms with van der Waals surface area (Å²) in [7, 11) is 0. The van der Waals surface area contributed by atoms with Crippen LogP contribution >= 0.6 is 0 Å². The SMILES string of the molecule is Cc1cc(C(=O)Nc2cccc(Oc3ccc(F)cc3)c2)c(N)nc1C. The van der Waals surface area contributed by atoms with Crippen molar-refractivity contribution in [2.24, 2.45) is 0 Å². The molecule has 26 heavy (non-hydrogen) atoms. The number of carbonyl (C=O) groups is 1. The molecule has 3 aromatic rings. The lowest BCUT2D eigenvalue weighted by Crippen LogP contribution is -2.15. The molecule has 0 unspecified atom stereocenters. The van der Waals surface area contributed by atoms with Gasteiger partial charge in [-0.3, -0.25) is 4.79 Å². The maximum atomic E-state index is 13.0. The highest BCUT2D eigenvalue weighted by Crippen LogP contribution is 2.25. The van der Waals surface area contributed by atoms with Gasteiger partial charge < -0.3 is 15.8 Å². The van der Waals surface area contributed by atoms with E-state index in [1.807, 2.05) is 13.8 Å². The number of rotatable bonds is 4. The van der Waals surface area contributed by atoms with Crippen LogP contribution in [0.25, 0.3) is 0 Å². The fourth-order valence-corrected chi connectivity index (χ4v) is 2.38. The van der Waals surface area contributed by atoms with E-state index in [-0.39, 0.29) is 17.5 Å². The average molecular weight is 351 g/mol. The molecule has 0 atom stereocenters. The van der Waals surface area contributed by atoms with E-state index < -0.39 is 0 Å². The molecule has 0 saturated carbocycles. The van der Waals surface area contributed by atoms with Gasteiger partial charge in [0, 0.05) is 17.4 Å². The van der Waals surface area contributed by atoms with E-state index in [0.29, 0.717) is 22.7 Å². The Morgan fingerprint density at radius 1 is 1.08 bits per heavy atom. The summed E-state index contributed by atoms with van der Waals surface area (Å²) in [6.45, 7) is 3.71. The molecule has 1 heterocycles. The van der Waals surface area contributed by atoms with Gasteiger partial charge in [-0.05, 0) is 61.9 Å². The van der Waals surface area contributed by atoms with Crippen LogP contribution < -0.4 is 15.8 Å². The summed E-state index contributed by atoms with van der Waals surface area (Å²) in [5.74, 6) is 0.511. The Balaban J connectivity index is 1.77. The number of hydrogen-bond acceptors (Lipinski definition) is 4. The number of carbonyl (C=O) groups excluding carboxylic acids is 1. The van der Waals surface area contributed by atoms with Crippen LogP contribution in [-0.2, 0) is 0 Å². The van der Waals surface area contributed by atoms with Crippen molar-refractivity contribution >= 4 is 17.4 Å². The Kier molecular flexibility index (Phi) is 4.84. The van der Waals surface area contributed by atoms with Gasteiger partial charge in [0.1, 0.15) is 23.1 Å². The maximum absolute atomic E-state index is 13.0. The largest absolute Gasteiger partial charge is 0.457 e. The Bertz CT molecular complexity index is 956. The Labute approximate surface area is 150 Å². The molecule has 0 saturated heterocycles. The molecular weight excluding hydrogens is 333 g/mol. The molecule has 5 nitrogen and oxygen atoms in total. The van der Waals surface area contributed by atoms with Gasteiger partial charge in [0.15, 0.2) is 0 Å². The molecule has 0 aliphatic heterocycles. The number of nitrogen functional groups attached to an aromatic ring is 1. The monoisotopic (exact) mass is 351 g/mol. The normalized spacial score (nSPS) is 10.4. The molecule has 3 rings (SSSR count). The fourth-order valence-electron chi connectivity index (χ4n) is 2.38. The minimum absolute atomic E-state index is 0.185. The van der Waals surface area contributed by atoms with Gasteiger partial charge in [0.2, 0.25) is 0 Å². The predicted octanol–water partition coefficient (Wildman–Crippen LogP) is 4.46. The van der Waals surface area contributed by atoms with E-state index in [0.717, 1.165) is 11.3 Å². The second kappa shape index (κ2) is 7.23. The van der Waals surface area contributed by atoms with E-state index in [1.54, 1.807) is 30.3 Å². The molecule has 1 amide bonds. The molecule has 0 aliphatic rings. The van der Waals surface area contributed by atoms with Crippen molar-refractivity contribution in [3.63, 3.8) is 0 Å². The second-order valence-electron chi connectivity index (χ2n) is 5.86. The number of hydrogen-bond donors (Lipinski definition) is 2. The Morgan fingerprint density at radius 3 is 2.54 bits per heavy atom. The molecule has 0 fully saturated rings. The van der Waals surface area contributed by atoms with Gasteiger partial charge in [-0.15, -0.1) is 0 Å². The number of aryl methyl sites for hydroxylation is 2. The second-order valence-corrected chi connectivity index (χ2v) is 5.86. The predicted molar refractivity (Wildman–Crippen MR) is 99.0 cm³/mol. The minimum atomic E-state index is -0.350. The zero-order valence-electron chi connectivity index (χ0n) is 14.4. The molecule has 2 aromatic carbocycles. The molecule has 0 bridgehead atoms. The quantitative estimate of drug-likeness (QED) is 0.727. The molecule has 0 aliphatic carbocycles. The third-order valence-electron chi connectivity index (χ3n) is 3.88. The minimum Gasteiger partial charge on any atom is -0.457 e. The average Bonchev–Trinajstić information content (AvgIpc) is 2.60. The van der Waals surface area contributed by atoms with Crippen molar-refractivity contribution in [2.75, 3.05) is 11.1 Å². The van der Waals surface area contributed by atoms with E-state index in [9.17, 15) is 9.18 Å². The third kappa shape index (κ3) is 3.97. The molecule has 1 aromatic heterocycles. The highest BCUT2D eigenvalue weighted by atomic mass is 19.1. The van der Waals surface area contributed by atoms with Gasteiger partial charge in [0.05, 0.1) is 5.56 Å². The van der Waals surface area contributed by atoms with Gasteiger partial charge in [-0.1, -0.05) is 6.07 Å². The van der Waals surface area contributed by atoms with Gasteiger partial charge in [-0.2, -0.15) is 0 Å². The number of pyridine rings is 1. The first kappa shape index (κ1) is 17.4. The van der Waals surface area contributed by atoms with Gasteiger partial charge >= 0.3 is 0 Å². The lowest BCUT2D eigenvalue weighted by atomic mass is 10.1. The molecule has 0 radical (unpaired) electrons. The number of anilines is 2. The Morgan fingerprint density at radius 2 is 1.81 bits per heavy atom. The lowest BCUT2D eigenvalue weighted by molar-refractivity contribution is 0.102. The standard InChI is InChI=1S/C20H18FN3O2/c1-12-10-18(19(22)23-13(12)2)20(25)24-15-4-3-5-17(11-15)26-16-8-6-14(21)7-9-16/h3-11H,1-2H3,(H2,22,23)(H,24,25). The van der Waals surface area contributed by atoms with Crippen molar-refractivity contribution < 1.29 is 13.9 Å². The maximum Gasteiger partial charge on any atom is 0.259 e. The van der Waals surface area contributed by atoms with Crippen LogP contribution in [0.2, 0.25) is 0 Å². The van der Waals surface area contributed by atoms with E-state index in [4.69, 9.17) is 10.5 Å². The van der Waals surface area contributed by atoms with Crippen LogP contribution in [0.3, 0.4) is 0 Å². The van der Waals surface area contributed by atoms with Gasteiger partial charge in [0.25, 0.3) is 5.91 Å². The highest BCUT2D eigenvalue weighted by molar-refractivity contribution is 6.07. The third-order valence-corrected chi connectivity index (χ3v) is 3.88. The number of aromatic nitrogens is 1. The number of nitrogens with zero attached hydrogens (tertiary/aromatic N) is 1. The number of benzene rings is 2. The first-order valence-electron chi connectivity index (χ1n) is 8.01. The number of nitrogens with one attached hydrogen (secondary N) is 1. The summed E-state index contributed by atoms with van der Waals surface area (Å²) in [5.41, 5.74) is 8.40. The topological polar surface area (TPSA) is 77.2 Å². The van der Waals surface area contributed by atoms with Crippen LogP contribution in [0, 0.1) is 19.7 Å². The number of amides is 1. The van der Waals surface area contributed by atoms with Crippen molar-refractivity contribution in [1.29, 1.82) is 0 Å². The van der Waals surface area contributed by atoms with E-state index in [1.165, 1.54) is 24.3 Å². The number of halogens is 1. The highest BCUT2D eigenvalue weighted by Gasteiger charge is 2.13. The summed E-state index contributed by atoms with van der Waals surface area (Å²) >= 11 is 0. The molecular formula is C20H18FN3O2. The fraction of sp³-hybridized carbons (Fsp3) is 0.100. The lowest BCUT2D eigenvalue weighted by Gasteiger charge is -2.11. The van der Waals surface area contributed by atoms with Crippen molar-refractivity contribution in [3.8, 4) is 11.5 Å². The summed E-state index contributed by atoms with van der Waals surface area (Å²) in [6.07, 6.45) is 0. The van der Waals surface area contributed by atoms with Crippen molar-refractivity contribution in [3.05, 3.63) is 77.2 Å². The van der Waals surface area contributed by atoms with Crippen molar-refractivity contribution in [1.82, 2.24) is 4.98 Å². The smallest absolute Gasteiger partial charge is 0.259 e. The zero-order valence-corrected chi connectivity index (χ0v) is 14.4. The summed E-state index contributed by atoms with van der Waals surface area (Å²) in [4.78, 5) is 16.7. The van der Waals surface area contributed by atoms with Gasteiger partial charge in [-0.25, -0.2) is 9.37 Å². The summed E-state index contributed by atoms with van der Waals surface area (Å²) < 4.78 is 18.6. The van der Waals surface area contributed by atoms with Crippen LogP contribution in [-0.4, -0.2) is 10.9 Å². The van der Waals surface area contributed by atoms with Crippen molar-refractivity contribution in [2.45, 2.75) is 13.8 Å². The summed E-state index contributed by atoms with van der Waals surface area (Å²) in [6, 6.07) is 14.3. The zero-order chi connectivity index (χ0) is 18.7. The van der Waals surface area contributed by atoms with Crippen LogP contribution in [0.1, 0.15) is 21.6 Å². The van der Waals surface area contributed by atoms with Crippen LogP contribution in [0.15, 0.2) is 54.6 Å². The van der Waals surface area contributed by atoms with Crippen LogP contribution in [0.4, 0.5) is 15.9 Å². The molecule has 6 heteroatoms. The van der Waals surface area contributed by atoms with E-state index >= 15 is 0 Å². The van der Waals surface area contributed by atoms with E-state index in [2.05, 4.69) is 10.3 Å². The molecule has 0 spiro atoms. The Hall–Kier alpha value is -3.41. The molecule has 3 N–H and O–H groups in total. The number of nitrogens with two attached hydrogens (primary N) is 1. The van der Waals surface area contributed by atoms with Crippen LogP contribution in [0.5, 0.6) is 11.5 Å². The number of ether oxygens (including phenoxy) is 1. The molecule has 132 valence electrons. The summed E-state index contributed by atoms with van der Waals surface area (Å²) in [5, 5.41) is 2.78. The first-order valence-corrected chi connectivity index (χ1v) is 8.01.